The van der Waals surface area contributed by atoms with Crippen LogP contribution in [0.25, 0.3) is 0 Å². The molecule has 11 heavy (non-hydrogen) atoms. The van der Waals surface area contributed by atoms with E-state index in [1.54, 1.807) is 0 Å². The first-order chi connectivity index (χ1) is 5.31. The maximum Gasteiger partial charge on any atom is 0.146 e. The van der Waals surface area contributed by atoms with Crippen LogP contribution in [0.2, 0.25) is 0 Å². The Morgan fingerprint density at radius 3 is 2.55 bits per heavy atom. The highest BCUT2D eigenvalue weighted by atomic mass is 16.7. The van der Waals surface area contributed by atoms with Crippen LogP contribution >= 0.6 is 0 Å². The molecule has 3 heteroatoms. The van der Waals surface area contributed by atoms with Crippen LogP contribution in [0.5, 0.6) is 0 Å². The van der Waals surface area contributed by atoms with Gasteiger partial charge < -0.3 is 14.6 Å². The van der Waals surface area contributed by atoms with Crippen LogP contribution in [-0.4, -0.2) is 31.2 Å². The van der Waals surface area contributed by atoms with Crippen molar-refractivity contribution in [2.45, 2.75) is 32.8 Å². The van der Waals surface area contributed by atoms with E-state index >= 15 is 0 Å². The highest BCUT2D eigenvalue weighted by Gasteiger charge is 1.98. The Labute approximate surface area is 68.3 Å². The van der Waals surface area contributed by atoms with E-state index in [2.05, 4.69) is 0 Å². The second-order valence-electron chi connectivity index (χ2n) is 2.37. The summed E-state index contributed by atoms with van der Waals surface area (Å²) in [5, 5.41) is 9.09. The number of hydrogen-bond acceptors (Lipinski definition) is 3. The highest BCUT2D eigenvalue weighted by molar-refractivity contribution is 4.49. The summed E-state index contributed by atoms with van der Waals surface area (Å²) in [5.74, 6) is 0. The Morgan fingerprint density at radius 2 is 2.00 bits per heavy atom. The van der Waals surface area contributed by atoms with Gasteiger partial charge in [-0.1, -0.05) is 6.92 Å². The van der Waals surface area contributed by atoms with Crippen molar-refractivity contribution in [3.63, 3.8) is 0 Å². The van der Waals surface area contributed by atoms with Crippen LogP contribution < -0.4 is 0 Å². The van der Waals surface area contributed by atoms with E-state index in [4.69, 9.17) is 14.6 Å². The van der Waals surface area contributed by atoms with Gasteiger partial charge in [0.1, 0.15) is 6.79 Å². The summed E-state index contributed by atoms with van der Waals surface area (Å²) in [7, 11) is 0. The van der Waals surface area contributed by atoms with E-state index in [-0.39, 0.29) is 6.10 Å². The summed E-state index contributed by atoms with van der Waals surface area (Å²) >= 11 is 0. The zero-order valence-corrected chi connectivity index (χ0v) is 7.38. The number of aliphatic hydroxyl groups is 1. The third-order valence-electron chi connectivity index (χ3n) is 1.44. The molecule has 0 aromatic carbocycles. The fourth-order valence-corrected chi connectivity index (χ4v) is 0.625. The van der Waals surface area contributed by atoms with Crippen LogP contribution in [0.3, 0.4) is 0 Å². The minimum Gasteiger partial charge on any atom is -0.393 e. The molecule has 0 aliphatic carbocycles. The Balaban J connectivity index is 2.89. The average molecular weight is 162 g/mol. The Hall–Kier alpha value is -0.120. The molecule has 0 heterocycles. The van der Waals surface area contributed by atoms with Gasteiger partial charge in [-0.2, -0.15) is 0 Å². The Kier molecular flexibility index (Phi) is 7.89. The zero-order chi connectivity index (χ0) is 8.53. The van der Waals surface area contributed by atoms with E-state index in [1.807, 2.05) is 13.8 Å². The molecule has 0 aliphatic heterocycles. The molecule has 1 atom stereocenters. The fourth-order valence-electron chi connectivity index (χ4n) is 0.625. The lowest BCUT2D eigenvalue weighted by Crippen LogP contribution is -2.10. The Bertz CT molecular complexity index is 75.7. The van der Waals surface area contributed by atoms with Crippen molar-refractivity contribution in [2.24, 2.45) is 0 Å². The zero-order valence-electron chi connectivity index (χ0n) is 7.38. The lowest BCUT2D eigenvalue weighted by Gasteiger charge is -2.07. The van der Waals surface area contributed by atoms with Gasteiger partial charge in [-0.15, -0.1) is 0 Å². The Morgan fingerprint density at radius 1 is 1.27 bits per heavy atom. The SMILES string of the molecule is CCOCOCCC(O)CC. The normalized spacial score (nSPS) is 13.4. The van der Waals surface area contributed by atoms with Crippen molar-refractivity contribution in [1.29, 1.82) is 0 Å². The smallest absolute Gasteiger partial charge is 0.146 e. The highest BCUT2D eigenvalue weighted by Crippen LogP contribution is 1.96. The summed E-state index contributed by atoms with van der Waals surface area (Å²) in [6, 6.07) is 0. The average Bonchev–Trinajstić information content (AvgIpc) is 2.04. The van der Waals surface area contributed by atoms with Crippen LogP contribution in [0.15, 0.2) is 0 Å². The van der Waals surface area contributed by atoms with E-state index in [0.717, 1.165) is 6.42 Å². The van der Waals surface area contributed by atoms with Crippen LogP contribution in [-0.2, 0) is 9.47 Å². The maximum absolute atomic E-state index is 9.09. The number of ether oxygens (including phenoxy) is 2. The van der Waals surface area contributed by atoms with E-state index in [1.165, 1.54) is 0 Å². The maximum atomic E-state index is 9.09. The number of rotatable bonds is 7. The molecular formula is C8H18O3. The van der Waals surface area contributed by atoms with Gasteiger partial charge in [0, 0.05) is 6.61 Å². The molecule has 0 amide bonds. The van der Waals surface area contributed by atoms with Crippen LogP contribution in [0.1, 0.15) is 26.7 Å². The van der Waals surface area contributed by atoms with Gasteiger partial charge >= 0.3 is 0 Å². The third kappa shape index (κ3) is 7.78. The molecule has 1 N–H and O–H groups in total. The fraction of sp³-hybridized carbons (Fsp3) is 1.00. The van der Waals surface area contributed by atoms with Gasteiger partial charge in [0.2, 0.25) is 0 Å². The minimum absolute atomic E-state index is 0.225. The van der Waals surface area contributed by atoms with Crippen molar-refractivity contribution in [3.05, 3.63) is 0 Å². The molecule has 1 unspecified atom stereocenters. The number of aliphatic hydroxyl groups excluding tert-OH is 1. The summed E-state index contributed by atoms with van der Waals surface area (Å²) in [6.45, 7) is 5.47. The van der Waals surface area contributed by atoms with Crippen molar-refractivity contribution >= 4 is 0 Å². The minimum atomic E-state index is -0.225. The van der Waals surface area contributed by atoms with Crippen LogP contribution in [0.4, 0.5) is 0 Å². The molecule has 0 spiro atoms. The molecule has 0 rings (SSSR count). The molecule has 0 radical (unpaired) electrons. The molecule has 0 fully saturated rings. The first-order valence-corrected chi connectivity index (χ1v) is 4.14. The predicted molar refractivity (Wildman–Crippen MR) is 43.4 cm³/mol. The van der Waals surface area contributed by atoms with E-state index in [9.17, 15) is 0 Å². The molecule has 3 nitrogen and oxygen atoms in total. The summed E-state index contributed by atoms with van der Waals surface area (Å²) in [4.78, 5) is 0. The van der Waals surface area contributed by atoms with E-state index in [0.29, 0.717) is 26.4 Å². The molecule has 0 aromatic heterocycles. The van der Waals surface area contributed by atoms with Gasteiger partial charge in [-0.3, -0.25) is 0 Å². The topological polar surface area (TPSA) is 38.7 Å². The summed E-state index contributed by atoms with van der Waals surface area (Å²) in [5.41, 5.74) is 0. The van der Waals surface area contributed by atoms with Crippen molar-refractivity contribution in [1.82, 2.24) is 0 Å². The van der Waals surface area contributed by atoms with Gasteiger partial charge in [0.05, 0.1) is 12.7 Å². The quantitative estimate of drug-likeness (QED) is 0.451. The lowest BCUT2D eigenvalue weighted by atomic mass is 10.2. The third-order valence-corrected chi connectivity index (χ3v) is 1.44. The van der Waals surface area contributed by atoms with E-state index < -0.39 is 0 Å². The largest absolute Gasteiger partial charge is 0.393 e. The molecule has 0 saturated carbocycles. The van der Waals surface area contributed by atoms with Gasteiger partial charge in [0.15, 0.2) is 0 Å². The van der Waals surface area contributed by atoms with Gasteiger partial charge in [0.25, 0.3) is 0 Å². The van der Waals surface area contributed by atoms with Crippen LogP contribution in [0, 0.1) is 0 Å². The predicted octanol–water partition coefficient (Wildman–Crippen LogP) is 1.16. The van der Waals surface area contributed by atoms with Crippen molar-refractivity contribution in [3.8, 4) is 0 Å². The number of hydrogen-bond donors (Lipinski definition) is 1. The van der Waals surface area contributed by atoms with Crippen molar-refractivity contribution in [2.75, 3.05) is 20.0 Å². The molecule has 0 saturated heterocycles. The van der Waals surface area contributed by atoms with Gasteiger partial charge in [-0.05, 0) is 19.8 Å². The first-order valence-electron chi connectivity index (χ1n) is 4.14. The monoisotopic (exact) mass is 162 g/mol. The summed E-state index contributed by atoms with van der Waals surface area (Å²) in [6.07, 6.45) is 1.26. The van der Waals surface area contributed by atoms with Crippen molar-refractivity contribution < 1.29 is 14.6 Å². The summed E-state index contributed by atoms with van der Waals surface area (Å²) < 4.78 is 10.0. The molecule has 68 valence electrons. The molecule has 0 aliphatic rings. The molecule has 0 aromatic rings. The second-order valence-corrected chi connectivity index (χ2v) is 2.37. The lowest BCUT2D eigenvalue weighted by molar-refractivity contribution is -0.0568. The molecule has 0 bridgehead atoms. The standard InChI is InChI=1S/C8H18O3/c1-3-8(9)5-6-11-7-10-4-2/h8-9H,3-7H2,1-2H3. The first kappa shape index (κ1) is 10.9. The molecular weight excluding hydrogens is 144 g/mol. The van der Waals surface area contributed by atoms with Gasteiger partial charge in [-0.25, -0.2) is 0 Å². The second kappa shape index (κ2) is 7.98.